The molecule has 1 aliphatic rings. The molecule has 0 radical (unpaired) electrons. The molecule has 1 aromatic heterocycles. The van der Waals surface area contributed by atoms with Gasteiger partial charge in [0.05, 0.1) is 6.04 Å². The predicted molar refractivity (Wildman–Crippen MR) is 117 cm³/mol. The van der Waals surface area contributed by atoms with Gasteiger partial charge in [0.1, 0.15) is 5.25 Å². The number of hydrogen-bond donors (Lipinski definition) is 2. The van der Waals surface area contributed by atoms with Crippen LogP contribution in [-0.2, 0) is 11.2 Å². The maximum atomic E-state index is 13.2. The molecule has 3 aromatic rings. The van der Waals surface area contributed by atoms with Crippen molar-refractivity contribution in [2.75, 3.05) is 10.7 Å². The number of carbonyl (C=O) groups is 1. The normalized spacial score (nSPS) is 18.0. The predicted octanol–water partition coefficient (Wildman–Crippen LogP) is 4.59. The Morgan fingerprint density at radius 3 is 2.76 bits per heavy atom. The van der Waals surface area contributed by atoms with Crippen LogP contribution in [0.3, 0.4) is 0 Å². The summed E-state index contributed by atoms with van der Waals surface area (Å²) in [6.07, 6.45) is 1.79. The van der Waals surface area contributed by atoms with Gasteiger partial charge in [0, 0.05) is 17.1 Å². The van der Waals surface area contributed by atoms with E-state index in [0.29, 0.717) is 15.9 Å². The third kappa shape index (κ3) is 4.11. The molecule has 2 atom stereocenters. The highest BCUT2D eigenvalue weighted by Gasteiger charge is 2.37. The van der Waals surface area contributed by atoms with Crippen LogP contribution in [0.5, 0.6) is 0 Å². The molecule has 2 aromatic carbocycles. The highest BCUT2D eigenvalue weighted by molar-refractivity contribution is 8.00. The Morgan fingerprint density at radius 2 is 2.03 bits per heavy atom. The van der Waals surface area contributed by atoms with Gasteiger partial charge < -0.3 is 10.7 Å². The lowest BCUT2D eigenvalue weighted by molar-refractivity contribution is -0.116. The molecule has 2 heterocycles. The van der Waals surface area contributed by atoms with Crippen LogP contribution in [0.2, 0.25) is 5.02 Å². The van der Waals surface area contributed by atoms with Crippen LogP contribution >= 0.6 is 23.4 Å². The lowest BCUT2D eigenvalue weighted by atomic mass is 10.0. The molecule has 4 rings (SSSR count). The van der Waals surface area contributed by atoms with Gasteiger partial charge in [-0.15, -0.1) is 10.2 Å². The molecule has 1 aliphatic heterocycles. The van der Waals surface area contributed by atoms with E-state index in [1.807, 2.05) is 54.1 Å². The van der Waals surface area contributed by atoms with Gasteiger partial charge in [-0.3, -0.25) is 4.79 Å². The fraction of sp³-hybridized carbons (Fsp3) is 0.286. The summed E-state index contributed by atoms with van der Waals surface area (Å²) in [4.78, 5) is 13.2. The van der Waals surface area contributed by atoms with Crippen LogP contribution in [0.25, 0.3) is 0 Å². The smallest absolute Gasteiger partial charge is 0.240 e. The molecule has 0 bridgehead atoms. The maximum Gasteiger partial charge on any atom is 0.240 e. The van der Waals surface area contributed by atoms with Crippen molar-refractivity contribution < 1.29 is 4.79 Å². The highest BCUT2D eigenvalue weighted by atomic mass is 35.5. The zero-order chi connectivity index (χ0) is 20.4. The summed E-state index contributed by atoms with van der Waals surface area (Å²) in [5, 5.41) is 12.5. The second-order valence-electron chi connectivity index (χ2n) is 6.99. The van der Waals surface area contributed by atoms with Crippen LogP contribution in [0.1, 0.15) is 36.3 Å². The van der Waals surface area contributed by atoms with Gasteiger partial charge in [0.2, 0.25) is 11.1 Å². The summed E-state index contributed by atoms with van der Waals surface area (Å²) in [5.41, 5.74) is 6.15. The number of hydrogen-bond acceptors (Lipinski definition) is 5. The Bertz CT molecular complexity index is 1020. The van der Waals surface area contributed by atoms with E-state index in [1.54, 1.807) is 6.07 Å². The number of benzene rings is 2. The Labute approximate surface area is 179 Å². The molecule has 8 heteroatoms. The zero-order valence-corrected chi connectivity index (χ0v) is 17.8. The topological polar surface area (TPSA) is 71.8 Å². The van der Waals surface area contributed by atoms with Crippen molar-refractivity contribution in [2.24, 2.45) is 0 Å². The monoisotopic (exact) mass is 427 g/mol. The number of aromatic nitrogens is 3. The van der Waals surface area contributed by atoms with E-state index in [4.69, 9.17) is 11.6 Å². The van der Waals surface area contributed by atoms with Gasteiger partial charge in [-0.2, -0.15) is 0 Å². The van der Waals surface area contributed by atoms with E-state index >= 15 is 0 Å². The van der Waals surface area contributed by atoms with Crippen LogP contribution in [0.4, 0.5) is 5.69 Å². The summed E-state index contributed by atoms with van der Waals surface area (Å²) in [5.74, 6) is 0.766. The van der Waals surface area contributed by atoms with E-state index in [0.717, 1.165) is 29.8 Å². The Morgan fingerprint density at radius 1 is 1.24 bits per heavy atom. The van der Waals surface area contributed by atoms with Crippen LogP contribution in [0.15, 0.2) is 53.7 Å². The number of aryl methyl sites for hydroxylation is 2. The van der Waals surface area contributed by atoms with Crippen molar-refractivity contribution in [2.45, 2.75) is 43.1 Å². The first-order valence-corrected chi connectivity index (χ1v) is 10.8. The third-order valence-electron chi connectivity index (χ3n) is 4.83. The number of amides is 1. The average Bonchev–Trinajstić information content (AvgIpc) is 3.13. The summed E-state index contributed by atoms with van der Waals surface area (Å²) in [7, 11) is 0. The molecule has 0 saturated carbocycles. The molecule has 0 spiro atoms. The Balaban J connectivity index is 1.65. The Hall–Kier alpha value is -2.51. The fourth-order valence-corrected chi connectivity index (χ4v) is 4.56. The van der Waals surface area contributed by atoms with Crippen molar-refractivity contribution in [1.29, 1.82) is 0 Å². The minimum atomic E-state index is -0.413. The minimum absolute atomic E-state index is 0.109. The summed E-state index contributed by atoms with van der Waals surface area (Å²) >= 11 is 7.64. The minimum Gasteiger partial charge on any atom is -0.325 e. The van der Waals surface area contributed by atoms with Crippen molar-refractivity contribution in [1.82, 2.24) is 14.9 Å². The van der Waals surface area contributed by atoms with Gasteiger partial charge >= 0.3 is 0 Å². The van der Waals surface area contributed by atoms with E-state index in [1.165, 1.54) is 11.8 Å². The molecule has 0 unspecified atom stereocenters. The van der Waals surface area contributed by atoms with E-state index in [-0.39, 0.29) is 11.9 Å². The maximum absolute atomic E-state index is 13.2. The second kappa shape index (κ2) is 8.47. The molecule has 1 amide bonds. The molecular weight excluding hydrogens is 406 g/mol. The number of halogens is 1. The molecule has 2 N–H and O–H groups in total. The van der Waals surface area contributed by atoms with Crippen LogP contribution < -0.4 is 10.7 Å². The summed E-state index contributed by atoms with van der Waals surface area (Å²) in [6, 6.07) is 15.3. The van der Waals surface area contributed by atoms with E-state index < -0.39 is 5.25 Å². The first kappa shape index (κ1) is 19.8. The first-order valence-electron chi connectivity index (χ1n) is 9.56. The van der Waals surface area contributed by atoms with Crippen molar-refractivity contribution in [3.8, 4) is 0 Å². The SMILES string of the molecule is CCCc1nnc2n1N[C@@H](c1ccccc1)[C@H](C(=O)Nc1ccc(C)c(Cl)c1)S2. The lowest BCUT2D eigenvalue weighted by Gasteiger charge is -2.33. The molecule has 0 aliphatic carbocycles. The molecular formula is C21H22ClN5OS. The van der Waals surface area contributed by atoms with E-state index in [2.05, 4.69) is 27.9 Å². The van der Waals surface area contributed by atoms with E-state index in [9.17, 15) is 4.79 Å². The molecule has 150 valence electrons. The second-order valence-corrected chi connectivity index (χ2v) is 8.51. The summed E-state index contributed by atoms with van der Waals surface area (Å²) < 4.78 is 1.92. The highest BCUT2D eigenvalue weighted by Crippen LogP contribution is 2.37. The van der Waals surface area contributed by atoms with Crippen molar-refractivity contribution in [3.05, 3.63) is 70.5 Å². The number of anilines is 1. The largest absolute Gasteiger partial charge is 0.325 e. The van der Waals surface area contributed by atoms with Crippen molar-refractivity contribution >= 4 is 35.0 Å². The number of nitrogens with one attached hydrogen (secondary N) is 2. The molecule has 0 saturated heterocycles. The number of carbonyl (C=O) groups excluding carboxylic acids is 1. The van der Waals surface area contributed by atoms with Gasteiger partial charge in [-0.25, -0.2) is 4.68 Å². The lowest BCUT2D eigenvalue weighted by Crippen LogP contribution is -2.41. The molecule has 6 nitrogen and oxygen atoms in total. The fourth-order valence-electron chi connectivity index (χ4n) is 3.28. The standard InChI is InChI=1S/C21H22ClN5OS/c1-3-7-17-24-25-21-27(17)26-18(14-8-5-4-6-9-14)19(29-21)20(28)23-15-11-10-13(2)16(22)12-15/h4-6,8-12,18-19,26H,3,7H2,1-2H3,(H,23,28)/t18-,19+/m0/s1. The number of fused-ring (bicyclic) bond motifs is 1. The molecule has 29 heavy (non-hydrogen) atoms. The Kier molecular flexibility index (Phi) is 5.78. The number of rotatable bonds is 5. The van der Waals surface area contributed by atoms with Gasteiger partial charge in [0.15, 0.2) is 5.82 Å². The van der Waals surface area contributed by atoms with Crippen LogP contribution in [-0.4, -0.2) is 26.0 Å². The number of thioether (sulfide) groups is 1. The van der Waals surface area contributed by atoms with Crippen LogP contribution in [0, 0.1) is 6.92 Å². The summed E-state index contributed by atoms with van der Waals surface area (Å²) in [6.45, 7) is 4.04. The third-order valence-corrected chi connectivity index (χ3v) is 6.46. The van der Waals surface area contributed by atoms with Gasteiger partial charge in [0.25, 0.3) is 0 Å². The van der Waals surface area contributed by atoms with Gasteiger partial charge in [-0.1, -0.05) is 66.7 Å². The quantitative estimate of drug-likeness (QED) is 0.623. The first-order chi connectivity index (χ1) is 14.1. The van der Waals surface area contributed by atoms with Gasteiger partial charge in [-0.05, 0) is 36.6 Å². The molecule has 0 fully saturated rings. The van der Waals surface area contributed by atoms with Crippen molar-refractivity contribution in [3.63, 3.8) is 0 Å². The zero-order valence-electron chi connectivity index (χ0n) is 16.2. The number of nitrogens with zero attached hydrogens (tertiary/aromatic N) is 3. The average molecular weight is 428 g/mol.